The van der Waals surface area contributed by atoms with E-state index in [9.17, 15) is 24.0 Å². The average Bonchev–Trinajstić information content (AvgIpc) is 2.55. The number of anilines is 1. The highest BCUT2D eigenvalue weighted by atomic mass is 16.2. The summed E-state index contributed by atoms with van der Waals surface area (Å²) in [4.78, 5) is 61.5. The lowest BCUT2D eigenvalue weighted by Crippen LogP contribution is -2.54. The number of piperidine rings is 1. The van der Waals surface area contributed by atoms with Crippen molar-refractivity contribution in [1.82, 2.24) is 9.80 Å². The summed E-state index contributed by atoms with van der Waals surface area (Å²) in [6.07, 6.45) is 0.434. The molecule has 0 saturated carbocycles. The van der Waals surface area contributed by atoms with Crippen LogP contribution in [0, 0.1) is 6.92 Å². The highest BCUT2D eigenvalue weighted by molar-refractivity contribution is 6.11. The molecule has 0 aliphatic carbocycles. The topological polar surface area (TPSA) is 104 Å². The van der Waals surface area contributed by atoms with Gasteiger partial charge < -0.3 is 5.32 Å². The Morgan fingerprint density at radius 3 is 2.60 bits per heavy atom. The van der Waals surface area contributed by atoms with Gasteiger partial charge in [-0.05, 0) is 25.0 Å². The Hall–Kier alpha value is -3.03. The van der Waals surface area contributed by atoms with Crippen LogP contribution in [-0.2, 0) is 19.2 Å². The molecule has 1 N–H and O–H groups in total. The lowest BCUT2D eigenvalue weighted by molar-refractivity contribution is -0.151. The Morgan fingerprint density at radius 2 is 2.00 bits per heavy atom. The molecule has 1 aliphatic heterocycles. The number of carbonyl (C=O) groups excluding carboxylic acids is 5. The molecule has 0 spiro atoms. The molecule has 2 rings (SSSR count). The Bertz CT molecular complexity index is 759. The first kappa shape index (κ1) is 18.3. The predicted molar refractivity (Wildman–Crippen MR) is 88.5 cm³/mol. The smallest absolute Gasteiger partial charge is 0.263 e. The van der Waals surface area contributed by atoms with Crippen molar-refractivity contribution in [3.05, 3.63) is 29.3 Å². The van der Waals surface area contributed by atoms with E-state index in [2.05, 4.69) is 5.32 Å². The number of likely N-dealkylation sites (N-methyl/N-ethyl adjacent to an activating group) is 1. The number of benzene rings is 1. The second-order valence-electron chi connectivity index (χ2n) is 5.84. The summed E-state index contributed by atoms with van der Waals surface area (Å²) >= 11 is 0. The second kappa shape index (κ2) is 7.25. The zero-order chi connectivity index (χ0) is 18.7. The average molecular weight is 345 g/mol. The molecule has 1 aromatic rings. The highest BCUT2D eigenvalue weighted by Gasteiger charge is 2.39. The lowest BCUT2D eigenvalue weighted by Gasteiger charge is -2.33. The monoisotopic (exact) mass is 345 g/mol. The normalized spacial score (nSPS) is 17.2. The summed E-state index contributed by atoms with van der Waals surface area (Å²) in [6.45, 7) is 2.97. The molecule has 1 heterocycles. The largest absolute Gasteiger partial charge is 0.326 e. The number of rotatable bonds is 4. The molecule has 8 nitrogen and oxygen atoms in total. The van der Waals surface area contributed by atoms with Crippen LogP contribution in [-0.4, -0.2) is 52.9 Å². The Balaban J connectivity index is 2.41. The molecule has 1 saturated heterocycles. The standard InChI is InChI=1S/C17H19N3O5/c1-10-5-4-6-12(18-11(2)22)15(10)17(25)20(9-21)13-7-8-14(23)19(3)16(13)24/h4-6,9,13H,7-8H2,1-3H3,(H,18,22). The van der Waals surface area contributed by atoms with Crippen LogP contribution >= 0.6 is 0 Å². The van der Waals surface area contributed by atoms with Crippen LogP contribution in [0.15, 0.2) is 18.2 Å². The maximum Gasteiger partial charge on any atom is 0.263 e. The van der Waals surface area contributed by atoms with E-state index in [0.29, 0.717) is 12.0 Å². The van der Waals surface area contributed by atoms with Crippen molar-refractivity contribution in [2.45, 2.75) is 32.7 Å². The summed E-state index contributed by atoms with van der Waals surface area (Å²) in [5, 5.41) is 2.55. The van der Waals surface area contributed by atoms with E-state index in [-0.39, 0.29) is 35.9 Å². The van der Waals surface area contributed by atoms with Crippen molar-refractivity contribution < 1.29 is 24.0 Å². The predicted octanol–water partition coefficient (Wildman–Crippen LogP) is 0.699. The number of imide groups is 2. The summed E-state index contributed by atoms with van der Waals surface area (Å²) in [6, 6.07) is 3.83. The van der Waals surface area contributed by atoms with Gasteiger partial charge >= 0.3 is 0 Å². The second-order valence-corrected chi connectivity index (χ2v) is 5.84. The summed E-state index contributed by atoms with van der Waals surface area (Å²) in [7, 11) is 1.32. The third-order valence-corrected chi connectivity index (χ3v) is 4.10. The molecule has 1 aromatic carbocycles. The number of hydrogen-bond acceptors (Lipinski definition) is 5. The first-order chi connectivity index (χ1) is 11.8. The van der Waals surface area contributed by atoms with Crippen LogP contribution in [0.2, 0.25) is 0 Å². The maximum atomic E-state index is 12.9. The first-order valence-electron chi connectivity index (χ1n) is 7.73. The van der Waals surface area contributed by atoms with Gasteiger partial charge in [0.05, 0.1) is 11.3 Å². The van der Waals surface area contributed by atoms with Crippen molar-refractivity contribution in [3.8, 4) is 0 Å². The van der Waals surface area contributed by atoms with Gasteiger partial charge in [-0.2, -0.15) is 0 Å². The van der Waals surface area contributed by atoms with Gasteiger partial charge in [0.25, 0.3) is 11.8 Å². The van der Waals surface area contributed by atoms with Crippen LogP contribution in [0.4, 0.5) is 5.69 Å². The van der Waals surface area contributed by atoms with Gasteiger partial charge in [0.1, 0.15) is 6.04 Å². The number of amides is 5. The molecule has 132 valence electrons. The van der Waals surface area contributed by atoms with Gasteiger partial charge in [-0.15, -0.1) is 0 Å². The van der Waals surface area contributed by atoms with Crippen LogP contribution in [0.25, 0.3) is 0 Å². The third kappa shape index (κ3) is 3.57. The minimum Gasteiger partial charge on any atom is -0.326 e. The molecule has 1 unspecified atom stereocenters. The van der Waals surface area contributed by atoms with Crippen LogP contribution in [0.3, 0.4) is 0 Å². The van der Waals surface area contributed by atoms with Crippen LogP contribution < -0.4 is 5.32 Å². The zero-order valence-electron chi connectivity index (χ0n) is 14.2. The number of hydrogen-bond donors (Lipinski definition) is 1. The van der Waals surface area contributed by atoms with Gasteiger partial charge in [-0.25, -0.2) is 0 Å². The third-order valence-electron chi connectivity index (χ3n) is 4.10. The van der Waals surface area contributed by atoms with E-state index in [0.717, 1.165) is 9.80 Å². The summed E-state index contributed by atoms with van der Waals surface area (Å²) in [5.74, 6) is -2.02. The number of nitrogens with one attached hydrogen (secondary N) is 1. The van der Waals surface area contributed by atoms with E-state index in [1.807, 2.05) is 0 Å². The lowest BCUT2D eigenvalue weighted by atomic mass is 10.00. The molecule has 0 bridgehead atoms. The number of aryl methyl sites for hydroxylation is 1. The fourth-order valence-corrected chi connectivity index (χ4v) is 2.79. The Labute approximate surface area is 144 Å². The van der Waals surface area contributed by atoms with E-state index >= 15 is 0 Å². The number of nitrogens with zero attached hydrogens (tertiary/aromatic N) is 2. The van der Waals surface area contributed by atoms with E-state index in [1.165, 1.54) is 14.0 Å². The van der Waals surface area contributed by atoms with E-state index in [4.69, 9.17) is 0 Å². The van der Waals surface area contributed by atoms with Gasteiger partial charge in [-0.3, -0.25) is 33.8 Å². The van der Waals surface area contributed by atoms with Crippen molar-refractivity contribution in [2.24, 2.45) is 0 Å². The van der Waals surface area contributed by atoms with Gasteiger partial charge in [-0.1, -0.05) is 12.1 Å². The fraction of sp³-hybridized carbons (Fsp3) is 0.353. The van der Waals surface area contributed by atoms with Gasteiger partial charge in [0.2, 0.25) is 18.2 Å². The molecule has 1 atom stereocenters. The zero-order valence-corrected chi connectivity index (χ0v) is 14.2. The molecule has 8 heteroatoms. The van der Waals surface area contributed by atoms with Crippen LogP contribution in [0.1, 0.15) is 35.7 Å². The molecular weight excluding hydrogens is 326 g/mol. The van der Waals surface area contributed by atoms with Gasteiger partial charge in [0, 0.05) is 20.4 Å². The molecule has 1 aliphatic rings. The van der Waals surface area contributed by atoms with Crippen molar-refractivity contribution >= 4 is 35.7 Å². The first-order valence-corrected chi connectivity index (χ1v) is 7.73. The van der Waals surface area contributed by atoms with Crippen molar-refractivity contribution in [2.75, 3.05) is 12.4 Å². The molecule has 25 heavy (non-hydrogen) atoms. The fourth-order valence-electron chi connectivity index (χ4n) is 2.79. The molecule has 5 amide bonds. The summed E-state index contributed by atoms with van der Waals surface area (Å²) < 4.78 is 0. The summed E-state index contributed by atoms with van der Waals surface area (Å²) in [5.41, 5.74) is 0.949. The number of likely N-dealkylation sites (tertiary alicyclic amines) is 1. The van der Waals surface area contributed by atoms with Gasteiger partial charge in [0.15, 0.2) is 0 Å². The Kier molecular flexibility index (Phi) is 5.31. The molecule has 0 radical (unpaired) electrons. The Morgan fingerprint density at radius 1 is 1.32 bits per heavy atom. The minimum absolute atomic E-state index is 0.0663. The highest BCUT2D eigenvalue weighted by Crippen LogP contribution is 2.24. The van der Waals surface area contributed by atoms with E-state index in [1.54, 1.807) is 25.1 Å². The van der Waals surface area contributed by atoms with Crippen molar-refractivity contribution in [3.63, 3.8) is 0 Å². The maximum absolute atomic E-state index is 12.9. The quantitative estimate of drug-likeness (QED) is 0.639. The van der Waals surface area contributed by atoms with E-state index < -0.39 is 17.9 Å². The van der Waals surface area contributed by atoms with Crippen LogP contribution in [0.5, 0.6) is 0 Å². The molecule has 0 aromatic heterocycles. The number of carbonyl (C=O) groups is 5. The SMILES string of the molecule is CC(=O)Nc1cccc(C)c1C(=O)N(C=O)C1CCC(=O)N(C)C1=O. The van der Waals surface area contributed by atoms with Crippen molar-refractivity contribution in [1.29, 1.82) is 0 Å². The minimum atomic E-state index is -1.04. The molecule has 1 fully saturated rings. The molecular formula is C17H19N3O5.